The van der Waals surface area contributed by atoms with E-state index in [2.05, 4.69) is 75.1 Å². The van der Waals surface area contributed by atoms with Crippen LogP contribution in [0.15, 0.2) is 94.7 Å². The predicted octanol–water partition coefficient (Wildman–Crippen LogP) is 7.56. The second-order valence-electron chi connectivity index (χ2n) is 11.5. The summed E-state index contributed by atoms with van der Waals surface area (Å²) in [5.41, 5.74) is 9.87. The van der Waals surface area contributed by atoms with Gasteiger partial charge in [0.25, 0.3) is 11.8 Å². The summed E-state index contributed by atoms with van der Waals surface area (Å²) in [5, 5.41) is 0. The van der Waals surface area contributed by atoms with Crippen molar-refractivity contribution in [1.29, 1.82) is 0 Å². The van der Waals surface area contributed by atoms with Crippen molar-refractivity contribution in [3.05, 3.63) is 129 Å². The van der Waals surface area contributed by atoms with Crippen LogP contribution in [0, 0.1) is 27.7 Å². The van der Waals surface area contributed by atoms with E-state index in [1.807, 2.05) is 58.3 Å². The van der Waals surface area contributed by atoms with Gasteiger partial charge >= 0.3 is 0 Å². The van der Waals surface area contributed by atoms with Gasteiger partial charge in [0.2, 0.25) is 0 Å². The number of thioether (sulfide) groups is 1. The molecule has 0 saturated carbocycles. The zero-order valence-electron chi connectivity index (χ0n) is 25.3. The molecule has 0 spiro atoms. The Kier molecular flexibility index (Phi) is 8.13. The molecule has 0 bridgehead atoms. The maximum atomic E-state index is 13.8. The maximum Gasteiger partial charge on any atom is 0.265 e. The van der Waals surface area contributed by atoms with Crippen LogP contribution >= 0.6 is 11.8 Å². The highest BCUT2D eigenvalue weighted by atomic mass is 32.2. The zero-order chi connectivity index (χ0) is 30.1. The van der Waals surface area contributed by atoms with Crippen molar-refractivity contribution >= 4 is 41.0 Å². The number of hydrogen-bond donors (Lipinski definition) is 0. The lowest BCUT2D eigenvalue weighted by Crippen LogP contribution is -2.49. The number of amides is 2. The summed E-state index contributed by atoms with van der Waals surface area (Å²) in [6.45, 7) is 12.0. The van der Waals surface area contributed by atoms with E-state index in [9.17, 15) is 9.59 Å². The van der Waals surface area contributed by atoms with Crippen molar-refractivity contribution in [2.24, 2.45) is 0 Å². The van der Waals surface area contributed by atoms with Crippen LogP contribution in [-0.4, -0.2) is 42.9 Å². The molecule has 0 atom stereocenters. The molecule has 4 aromatic rings. The molecule has 6 heteroatoms. The molecule has 5 nitrogen and oxygen atoms in total. The number of carbonyl (C=O) groups excluding carboxylic acids is 2. The first-order chi connectivity index (χ1) is 20.8. The topological polar surface area (TPSA) is 43.9 Å². The van der Waals surface area contributed by atoms with Crippen molar-refractivity contribution in [3.8, 4) is 0 Å². The van der Waals surface area contributed by atoms with Gasteiger partial charge in [-0.05, 0) is 91.9 Å². The quantitative estimate of drug-likeness (QED) is 0.226. The van der Waals surface area contributed by atoms with Crippen LogP contribution in [-0.2, 0) is 11.3 Å². The number of fused-ring (bicyclic) bond motifs is 1. The highest BCUT2D eigenvalue weighted by Crippen LogP contribution is 2.43. The molecule has 0 unspecified atom stereocenters. The van der Waals surface area contributed by atoms with Crippen molar-refractivity contribution < 1.29 is 9.59 Å². The van der Waals surface area contributed by atoms with Crippen molar-refractivity contribution in [1.82, 2.24) is 4.90 Å². The SMILES string of the molecule is Cc1ccc(C)c(CN2C(=O)C(=Cc3ccc(C(=O)N4CCN(c5cccc(C)c5C)CC4)cc3)Sc3ccccc32)c1. The van der Waals surface area contributed by atoms with Gasteiger partial charge in [-0.1, -0.05) is 71.9 Å². The molecule has 2 heterocycles. The number of nitrogens with zero attached hydrogens (tertiary/aromatic N) is 3. The summed E-state index contributed by atoms with van der Waals surface area (Å²) in [7, 11) is 0. The Morgan fingerprint density at radius 3 is 2.28 bits per heavy atom. The van der Waals surface area contributed by atoms with Crippen LogP contribution in [0.3, 0.4) is 0 Å². The number of para-hydroxylation sites is 1. The summed E-state index contributed by atoms with van der Waals surface area (Å²) >= 11 is 1.51. The maximum absolute atomic E-state index is 13.8. The molecule has 2 amide bonds. The minimum atomic E-state index is -0.00789. The van der Waals surface area contributed by atoms with Gasteiger partial charge in [0.1, 0.15) is 0 Å². The number of piperazine rings is 1. The Labute approximate surface area is 258 Å². The third-order valence-corrected chi connectivity index (χ3v) is 9.68. The lowest BCUT2D eigenvalue weighted by molar-refractivity contribution is -0.114. The first-order valence-electron chi connectivity index (χ1n) is 14.9. The standard InChI is InChI=1S/C37H37N3O2S/c1-25-12-13-27(3)31(22-25)24-40-33-9-5-6-11-34(33)43-35(37(40)42)23-29-14-16-30(17-15-29)36(41)39-20-18-38(19-21-39)32-10-7-8-26(2)28(32)4/h5-17,22-23H,18-21,24H2,1-4H3. The molecule has 1 fully saturated rings. The molecular formula is C37H37N3O2S. The molecule has 43 heavy (non-hydrogen) atoms. The summed E-state index contributed by atoms with van der Waals surface area (Å²) in [6.07, 6.45) is 1.94. The molecule has 2 aliphatic heterocycles. The molecule has 0 aromatic heterocycles. The molecule has 1 saturated heterocycles. The van der Waals surface area contributed by atoms with E-state index >= 15 is 0 Å². The Bertz CT molecular complexity index is 1720. The predicted molar refractivity (Wildman–Crippen MR) is 178 cm³/mol. The largest absolute Gasteiger partial charge is 0.368 e. The number of rotatable bonds is 5. The number of carbonyl (C=O) groups is 2. The van der Waals surface area contributed by atoms with Crippen molar-refractivity contribution in [2.45, 2.75) is 39.1 Å². The molecule has 4 aromatic carbocycles. The van der Waals surface area contributed by atoms with E-state index in [0.717, 1.165) is 34.8 Å². The highest BCUT2D eigenvalue weighted by Gasteiger charge is 2.29. The molecule has 0 N–H and O–H groups in total. The smallest absolute Gasteiger partial charge is 0.265 e. The fourth-order valence-electron chi connectivity index (χ4n) is 5.84. The first kappa shape index (κ1) is 28.8. The average Bonchev–Trinajstić information content (AvgIpc) is 3.02. The third kappa shape index (κ3) is 5.98. The Hall–Kier alpha value is -4.29. The molecule has 218 valence electrons. The number of aryl methyl sites for hydroxylation is 3. The Balaban J connectivity index is 1.17. The van der Waals surface area contributed by atoms with Crippen LogP contribution in [0.4, 0.5) is 11.4 Å². The summed E-state index contributed by atoms with van der Waals surface area (Å²) in [4.78, 5) is 35.1. The molecular weight excluding hydrogens is 550 g/mol. The van der Waals surface area contributed by atoms with E-state index in [4.69, 9.17) is 0 Å². The van der Waals surface area contributed by atoms with E-state index in [1.54, 1.807) is 0 Å². The fourth-order valence-corrected chi connectivity index (χ4v) is 6.90. The minimum Gasteiger partial charge on any atom is -0.368 e. The minimum absolute atomic E-state index is 0.00789. The normalized spacial score (nSPS) is 16.0. The molecule has 6 rings (SSSR count). The van der Waals surface area contributed by atoms with E-state index < -0.39 is 0 Å². The summed E-state index contributed by atoms with van der Waals surface area (Å²) in [6, 6.07) is 28.5. The molecule has 0 radical (unpaired) electrons. The van der Waals surface area contributed by atoms with Gasteiger partial charge in [-0.25, -0.2) is 0 Å². The lowest BCUT2D eigenvalue weighted by atomic mass is 10.0. The highest BCUT2D eigenvalue weighted by molar-refractivity contribution is 8.04. The lowest BCUT2D eigenvalue weighted by Gasteiger charge is -2.37. The van der Waals surface area contributed by atoms with E-state index in [0.29, 0.717) is 30.1 Å². The summed E-state index contributed by atoms with van der Waals surface area (Å²) < 4.78 is 0. The molecule has 0 aliphatic carbocycles. The van der Waals surface area contributed by atoms with Crippen LogP contribution in [0.1, 0.15) is 43.7 Å². The first-order valence-corrected chi connectivity index (χ1v) is 15.7. The zero-order valence-corrected chi connectivity index (χ0v) is 26.1. The second-order valence-corrected chi connectivity index (χ2v) is 12.6. The number of anilines is 2. The van der Waals surface area contributed by atoms with Gasteiger partial charge in [0.15, 0.2) is 0 Å². The summed E-state index contributed by atoms with van der Waals surface area (Å²) in [5.74, 6) is 0.0445. The Morgan fingerprint density at radius 2 is 1.51 bits per heavy atom. The Morgan fingerprint density at radius 1 is 0.791 bits per heavy atom. The van der Waals surface area contributed by atoms with Gasteiger partial charge in [-0.3, -0.25) is 9.59 Å². The van der Waals surface area contributed by atoms with Crippen LogP contribution in [0.5, 0.6) is 0 Å². The van der Waals surface area contributed by atoms with E-state index in [-0.39, 0.29) is 11.8 Å². The van der Waals surface area contributed by atoms with Crippen molar-refractivity contribution in [3.63, 3.8) is 0 Å². The van der Waals surface area contributed by atoms with Crippen LogP contribution in [0.25, 0.3) is 6.08 Å². The number of hydrogen-bond acceptors (Lipinski definition) is 4. The van der Waals surface area contributed by atoms with Crippen LogP contribution in [0.2, 0.25) is 0 Å². The molecule has 2 aliphatic rings. The number of benzene rings is 4. The van der Waals surface area contributed by atoms with Gasteiger partial charge in [-0.2, -0.15) is 0 Å². The van der Waals surface area contributed by atoms with E-state index in [1.165, 1.54) is 39.7 Å². The monoisotopic (exact) mass is 587 g/mol. The van der Waals surface area contributed by atoms with Gasteiger partial charge < -0.3 is 14.7 Å². The fraction of sp³-hybridized carbons (Fsp3) is 0.243. The van der Waals surface area contributed by atoms with Gasteiger partial charge in [-0.15, -0.1) is 0 Å². The van der Waals surface area contributed by atoms with Gasteiger partial charge in [0, 0.05) is 42.3 Å². The second kappa shape index (κ2) is 12.1. The third-order valence-electron chi connectivity index (χ3n) is 8.60. The van der Waals surface area contributed by atoms with Crippen LogP contribution < -0.4 is 9.80 Å². The van der Waals surface area contributed by atoms with Crippen molar-refractivity contribution in [2.75, 3.05) is 36.0 Å². The van der Waals surface area contributed by atoms with Gasteiger partial charge in [0.05, 0.1) is 17.1 Å². The average molecular weight is 588 g/mol.